The van der Waals surface area contributed by atoms with Gasteiger partial charge in [-0.2, -0.15) is 5.26 Å². The van der Waals surface area contributed by atoms with Crippen molar-refractivity contribution in [3.63, 3.8) is 0 Å². The van der Waals surface area contributed by atoms with E-state index < -0.39 is 0 Å². The highest BCUT2D eigenvalue weighted by Gasteiger charge is 2.23. The summed E-state index contributed by atoms with van der Waals surface area (Å²) in [5.74, 6) is 0.685. The van der Waals surface area contributed by atoms with Crippen LogP contribution in [-0.2, 0) is 4.79 Å². The lowest BCUT2D eigenvalue weighted by molar-refractivity contribution is -0.107. The topological polar surface area (TPSA) is 73.4 Å². The Morgan fingerprint density at radius 2 is 1.87 bits per heavy atom. The fourth-order valence-electron chi connectivity index (χ4n) is 3.24. The highest BCUT2D eigenvalue weighted by molar-refractivity contribution is 5.75. The minimum Gasteiger partial charge on any atom is -0.330 e. The van der Waals surface area contributed by atoms with Gasteiger partial charge in [-0.1, -0.05) is 0 Å². The van der Waals surface area contributed by atoms with Gasteiger partial charge in [-0.05, 0) is 69.5 Å². The molecule has 1 amide bonds. The quantitative estimate of drug-likeness (QED) is 0.781. The van der Waals surface area contributed by atoms with Crippen molar-refractivity contribution in [3.05, 3.63) is 29.8 Å². The number of amides is 1. The maximum Gasteiger partial charge on any atom is 0.214 e. The van der Waals surface area contributed by atoms with Gasteiger partial charge in [0.05, 0.1) is 11.6 Å². The SMILES string of the molecule is CN(CCN(C=O)c1ccc(C#N)cc1)C1CCC(CN)CC1. The molecular formula is C18H26N4O. The number of nitriles is 1. The minimum atomic E-state index is 0.590. The lowest BCUT2D eigenvalue weighted by Crippen LogP contribution is -2.40. The van der Waals surface area contributed by atoms with Crippen molar-refractivity contribution in [1.29, 1.82) is 5.26 Å². The van der Waals surface area contributed by atoms with Crippen molar-refractivity contribution in [2.75, 3.05) is 31.6 Å². The third kappa shape index (κ3) is 4.78. The van der Waals surface area contributed by atoms with Crippen LogP contribution in [0.25, 0.3) is 0 Å². The van der Waals surface area contributed by atoms with Gasteiger partial charge in [0.1, 0.15) is 0 Å². The summed E-state index contributed by atoms with van der Waals surface area (Å²) in [5.41, 5.74) is 7.18. The molecule has 0 spiro atoms. The summed E-state index contributed by atoms with van der Waals surface area (Å²) in [5, 5.41) is 8.83. The van der Waals surface area contributed by atoms with Crippen LogP contribution in [0.15, 0.2) is 24.3 Å². The van der Waals surface area contributed by atoms with Crippen LogP contribution in [0.4, 0.5) is 5.69 Å². The highest BCUT2D eigenvalue weighted by atomic mass is 16.1. The van der Waals surface area contributed by atoms with Gasteiger partial charge in [-0.25, -0.2) is 0 Å². The fraction of sp³-hybridized carbons (Fsp3) is 0.556. The second-order valence-electron chi connectivity index (χ2n) is 6.35. The van der Waals surface area contributed by atoms with Gasteiger partial charge in [0.25, 0.3) is 0 Å². The third-order valence-corrected chi connectivity index (χ3v) is 4.92. The monoisotopic (exact) mass is 314 g/mol. The van der Waals surface area contributed by atoms with Crippen molar-refractivity contribution in [2.45, 2.75) is 31.7 Å². The Bertz CT molecular complexity index is 529. The van der Waals surface area contributed by atoms with E-state index in [0.717, 1.165) is 25.2 Å². The second kappa shape index (κ2) is 8.66. The van der Waals surface area contributed by atoms with Crippen LogP contribution in [0, 0.1) is 17.2 Å². The van der Waals surface area contributed by atoms with E-state index in [1.807, 2.05) is 12.1 Å². The molecule has 0 aromatic heterocycles. The van der Waals surface area contributed by atoms with Crippen LogP contribution in [0.3, 0.4) is 0 Å². The number of anilines is 1. The second-order valence-corrected chi connectivity index (χ2v) is 6.35. The number of rotatable bonds is 7. The summed E-state index contributed by atoms with van der Waals surface area (Å²) >= 11 is 0. The molecule has 0 aliphatic heterocycles. The molecule has 1 saturated carbocycles. The van der Waals surface area contributed by atoms with Gasteiger partial charge in [0.2, 0.25) is 6.41 Å². The molecule has 124 valence electrons. The molecule has 1 fully saturated rings. The zero-order valence-electron chi connectivity index (χ0n) is 13.8. The smallest absolute Gasteiger partial charge is 0.214 e. The number of nitrogens with two attached hydrogens (primary N) is 1. The molecule has 0 heterocycles. The number of hydrogen-bond donors (Lipinski definition) is 1. The number of carbonyl (C=O) groups excluding carboxylic acids is 1. The number of nitrogens with zero attached hydrogens (tertiary/aromatic N) is 3. The third-order valence-electron chi connectivity index (χ3n) is 4.92. The number of likely N-dealkylation sites (N-methyl/N-ethyl adjacent to an activating group) is 1. The van der Waals surface area contributed by atoms with Gasteiger partial charge in [0.15, 0.2) is 0 Å². The van der Waals surface area contributed by atoms with Gasteiger partial charge in [0, 0.05) is 24.8 Å². The Labute approximate surface area is 138 Å². The molecule has 1 aliphatic carbocycles. The van der Waals surface area contributed by atoms with Gasteiger partial charge in [-0.15, -0.1) is 0 Å². The molecule has 0 atom stereocenters. The number of benzene rings is 1. The molecule has 1 aliphatic rings. The Hall–Kier alpha value is -1.90. The molecule has 2 rings (SSSR count). The van der Waals surface area contributed by atoms with E-state index in [9.17, 15) is 4.79 Å². The van der Waals surface area contributed by atoms with E-state index in [-0.39, 0.29) is 0 Å². The molecule has 2 N–H and O–H groups in total. The van der Waals surface area contributed by atoms with E-state index >= 15 is 0 Å². The minimum absolute atomic E-state index is 0.590. The number of carbonyl (C=O) groups is 1. The molecular weight excluding hydrogens is 288 g/mol. The summed E-state index contributed by atoms with van der Waals surface area (Å²) < 4.78 is 0. The standard InChI is InChI=1S/C18H26N4O/c1-21(17-6-2-15(12-19)3-7-17)10-11-22(14-23)18-8-4-16(13-20)5-9-18/h4-5,8-9,14-15,17H,2-3,6-7,10-12,19H2,1H3. The van der Waals surface area contributed by atoms with Crippen molar-refractivity contribution >= 4 is 12.1 Å². The molecule has 0 radical (unpaired) electrons. The molecule has 1 aromatic rings. The van der Waals surface area contributed by atoms with Crippen molar-refractivity contribution in [2.24, 2.45) is 11.7 Å². The zero-order valence-corrected chi connectivity index (χ0v) is 13.8. The molecule has 0 unspecified atom stereocenters. The summed E-state index contributed by atoms with van der Waals surface area (Å²) in [4.78, 5) is 15.4. The zero-order chi connectivity index (χ0) is 16.7. The van der Waals surface area contributed by atoms with Crippen LogP contribution < -0.4 is 10.6 Å². The maximum absolute atomic E-state index is 11.4. The van der Waals surface area contributed by atoms with Gasteiger partial charge >= 0.3 is 0 Å². The Morgan fingerprint density at radius 1 is 1.22 bits per heavy atom. The first kappa shape index (κ1) is 17.5. The fourth-order valence-corrected chi connectivity index (χ4v) is 3.24. The van der Waals surface area contributed by atoms with Gasteiger partial charge in [-0.3, -0.25) is 4.79 Å². The lowest BCUT2D eigenvalue weighted by atomic mass is 9.85. The summed E-state index contributed by atoms with van der Waals surface area (Å²) in [7, 11) is 2.13. The summed E-state index contributed by atoms with van der Waals surface area (Å²) in [6.07, 6.45) is 5.66. The molecule has 0 bridgehead atoms. The van der Waals surface area contributed by atoms with E-state index in [4.69, 9.17) is 11.0 Å². The van der Waals surface area contributed by atoms with Crippen LogP contribution >= 0.6 is 0 Å². The first-order valence-corrected chi connectivity index (χ1v) is 8.30. The van der Waals surface area contributed by atoms with Gasteiger partial charge < -0.3 is 15.5 Å². The lowest BCUT2D eigenvalue weighted by Gasteiger charge is -2.35. The van der Waals surface area contributed by atoms with Crippen LogP contribution in [0.1, 0.15) is 31.2 Å². The highest BCUT2D eigenvalue weighted by Crippen LogP contribution is 2.26. The predicted octanol–water partition coefficient (Wildman–Crippen LogP) is 1.97. The maximum atomic E-state index is 11.4. The van der Waals surface area contributed by atoms with Crippen LogP contribution in [0.2, 0.25) is 0 Å². The van der Waals surface area contributed by atoms with E-state index in [1.54, 1.807) is 17.0 Å². The Morgan fingerprint density at radius 3 is 2.39 bits per heavy atom. The summed E-state index contributed by atoms with van der Waals surface area (Å²) in [6.45, 7) is 2.30. The molecule has 5 nitrogen and oxygen atoms in total. The van der Waals surface area contributed by atoms with E-state index in [2.05, 4.69) is 18.0 Å². The average molecular weight is 314 g/mol. The Balaban J connectivity index is 1.85. The molecule has 5 heteroatoms. The Kier molecular flexibility index (Phi) is 6.57. The normalized spacial score (nSPS) is 21.0. The molecule has 23 heavy (non-hydrogen) atoms. The largest absolute Gasteiger partial charge is 0.330 e. The van der Waals surface area contributed by atoms with Crippen LogP contribution in [-0.4, -0.2) is 44.0 Å². The van der Waals surface area contributed by atoms with Crippen molar-refractivity contribution in [3.8, 4) is 6.07 Å². The summed E-state index contributed by atoms with van der Waals surface area (Å²) in [6, 6.07) is 9.80. The van der Waals surface area contributed by atoms with Crippen molar-refractivity contribution in [1.82, 2.24) is 4.90 Å². The first-order chi connectivity index (χ1) is 11.2. The molecule has 1 aromatic carbocycles. The van der Waals surface area contributed by atoms with Crippen LogP contribution in [0.5, 0.6) is 0 Å². The average Bonchev–Trinajstić information content (AvgIpc) is 2.62. The molecule has 0 saturated heterocycles. The van der Waals surface area contributed by atoms with E-state index in [1.165, 1.54) is 25.7 Å². The van der Waals surface area contributed by atoms with Crippen molar-refractivity contribution < 1.29 is 4.79 Å². The predicted molar refractivity (Wildman–Crippen MR) is 92.0 cm³/mol. The van der Waals surface area contributed by atoms with E-state index in [0.29, 0.717) is 24.1 Å². The first-order valence-electron chi connectivity index (χ1n) is 8.30. The number of hydrogen-bond acceptors (Lipinski definition) is 4.